The molecular weight excluding hydrogens is 196 g/mol. The van der Waals surface area contributed by atoms with Gasteiger partial charge in [0, 0.05) is 0 Å². The fourth-order valence-electron chi connectivity index (χ4n) is 1.91. The molecule has 0 saturated heterocycles. The summed E-state index contributed by atoms with van der Waals surface area (Å²) >= 11 is 0. The van der Waals surface area contributed by atoms with E-state index in [9.17, 15) is 0 Å². The standard InChI is InChI=1S/C14H28N2/c15-13-11-9-7-5-3-1-2-4-6-8-10-12-14-16/h13-16H,1-12H2. The van der Waals surface area contributed by atoms with Crippen LogP contribution in [-0.2, 0) is 0 Å². The topological polar surface area (TPSA) is 47.7 Å². The zero-order chi connectivity index (χ0) is 11.9. The van der Waals surface area contributed by atoms with Crippen molar-refractivity contribution in [2.75, 3.05) is 0 Å². The molecule has 0 aromatic carbocycles. The van der Waals surface area contributed by atoms with E-state index in [2.05, 4.69) is 0 Å². The largest absolute Gasteiger partial charge is 0.313 e. The summed E-state index contributed by atoms with van der Waals surface area (Å²) < 4.78 is 0. The van der Waals surface area contributed by atoms with E-state index in [0.29, 0.717) is 0 Å². The fraction of sp³-hybridized carbons (Fsp3) is 0.857. The maximum absolute atomic E-state index is 6.90. The summed E-state index contributed by atoms with van der Waals surface area (Å²) in [6.45, 7) is 0. The minimum absolute atomic E-state index is 0.965. The molecule has 2 N–H and O–H groups in total. The van der Waals surface area contributed by atoms with Gasteiger partial charge < -0.3 is 10.8 Å². The molecule has 94 valence electrons. The summed E-state index contributed by atoms with van der Waals surface area (Å²) in [5, 5.41) is 13.8. The van der Waals surface area contributed by atoms with Crippen LogP contribution in [0, 0.1) is 10.8 Å². The van der Waals surface area contributed by atoms with E-state index in [1.807, 2.05) is 0 Å². The van der Waals surface area contributed by atoms with Gasteiger partial charge in [0.05, 0.1) is 0 Å². The molecule has 2 heteroatoms. The van der Waals surface area contributed by atoms with E-state index in [1.54, 1.807) is 0 Å². The minimum atomic E-state index is 0.965. The van der Waals surface area contributed by atoms with Crippen LogP contribution in [0.2, 0.25) is 0 Å². The molecule has 0 aromatic heterocycles. The molecule has 0 spiro atoms. The SMILES string of the molecule is N=CCCCCCCCCCCCCC=N. The maximum Gasteiger partial charge on any atom is -0.00477 e. The molecule has 0 unspecified atom stereocenters. The van der Waals surface area contributed by atoms with Gasteiger partial charge in [-0.2, -0.15) is 0 Å². The van der Waals surface area contributed by atoms with Crippen LogP contribution in [0.5, 0.6) is 0 Å². The third-order valence-corrected chi connectivity index (χ3v) is 2.95. The molecule has 0 aliphatic carbocycles. The molecule has 0 rings (SSSR count). The molecule has 0 radical (unpaired) electrons. The molecule has 0 aliphatic heterocycles. The van der Waals surface area contributed by atoms with Crippen molar-refractivity contribution in [2.45, 2.75) is 77.0 Å². The molecule has 2 nitrogen and oxygen atoms in total. The molecule has 0 atom stereocenters. The number of hydrogen-bond donors (Lipinski definition) is 2. The third-order valence-electron chi connectivity index (χ3n) is 2.95. The highest BCUT2D eigenvalue weighted by Crippen LogP contribution is 2.11. The van der Waals surface area contributed by atoms with Crippen LogP contribution in [-0.4, -0.2) is 12.4 Å². The maximum atomic E-state index is 6.90. The van der Waals surface area contributed by atoms with Crippen molar-refractivity contribution < 1.29 is 0 Å². The van der Waals surface area contributed by atoms with Gasteiger partial charge in [-0.15, -0.1) is 0 Å². The Bertz CT molecular complexity index is 137. The summed E-state index contributed by atoms with van der Waals surface area (Å²) in [6, 6.07) is 0. The van der Waals surface area contributed by atoms with Gasteiger partial charge in [0.25, 0.3) is 0 Å². The zero-order valence-corrected chi connectivity index (χ0v) is 10.6. The lowest BCUT2D eigenvalue weighted by Gasteiger charge is -2.01. The van der Waals surface area contributed by atoms with Gasteiger partial charge in [-0.3, -0.25) is 0 Å². The average Bonchev–Trinajstić information content (AvgIpc) is 2.31. The highest BCUT2D eigenvalue weighted by molar-refractivity contribution is 5.52. The van der Waals surface area contributed by atoms with Gasteiger partial charge in [0.1, 0.15) is 0 Å². The Hall–Kier alpha value is -0.660. The van der Waals surface area contributed by atoms with Crippen LogP contribution < -0.4 is 0 Å². The van der Waals surface area contributed by atoms with E-state index < -0.39 is 0 Å². The zero-order valence-electron chi connectivity index (χ0n) is 10.6. The van der Waals surface area contributed by atoms with Crippen molar-refractivity contribution in [3.8, 4) is 0 Å². The first-order valence-corrected chi connectivity index (χ1v) is 6.89. The van der Waals surface area contributed by atoms with Crippen molar-refractivity contribution in [1.82, 2.24) is 0 Å². The van der Waals surface area contributed by atoms with Gasteiger partial charge in [0.15, 0.2) is 0 Å². The highest BCUT2D eigenvalue weighted by Gasteiger charge is 1.92. The summed E-state index contributed by atoms with van der Waals surface area (Å²) in [7, 11) is 0. The Morgan fingerprint density at radius 3 is 0.938 bits per heavy atom. The fourth-order valence-corrected chi connectivity index (χ4v) is 1.91. The normalized spacial score (nSPS) is 10.2. The molecule has 0 saturated carbocycles. The van der Waals surface area contributed by atoms with Crippen molar-refractivity contribution in [1.29, 1.82) is 10.8 Å². The summed E-state index contributed by atoms with van der Waals surface area (Å²) in [6.07, 6.45) is 18.2. The predicted molar refractivity (Wildman–Crippen MR) is 73.0 cm³/mol. The first kappa shape index (κ1) is 15.3. The number of unbranched alkanes of at least 4 members (excludes halogenated alkanes) is 11. The number of rotatable bonds is 13. The number of nitrogens with one attached hydrogen (secondary N) is 2. The van der Waals surface area contributed by atoms with Crippen LogP contribution in [0.4, 0.5) is 0 Å². The first-order valence-electron chi connectivity index (χ1n) is 6.89. The lowest BCUT2D eigenvalue weighted by molar-refractivity contribution is 0.557. The van der Waals surface area contributed by atoms with Crippen LogP contribution in [0.25, 0.3) is 0 Å². The molecular formula is C14H28N2. The first-order chi connectivity index (χ1) is 7.91. The van der Waals surface area contributed by atoms with Gasteiger partial charge in [-0.1, -0.05) is 51.4 Å². The van der Waals surface area contributed by atoms with E-state index in [4.69, 9.17) is 10.8 Å². The van der Waals surface area contributed by atoms with Gasteiger partial charge in [-0.05, 0) is 38.1 Å². The number of hydrogen-bond acceptors (Lipinski definition) is 2. The molecule has 0 fully saturated rings. The van der Waals surface area contributed by atoms with Crippen molar-refractivity contribution in [2.24, 2.45) is 0 Å². The van der Waals surface area contributed by atoms with Crippen LogP contribution in [0.15, 0.2) is 0 Å². The van der Waals surface area contributed by atoms with Crippen molar-refractivity contribution in [3.63, 3.8) is 0 Å². The van der Waals surface area contributed by atoms with Crippen LogP contribution in [0.3, 0.4) is 0 Å². The average molecular weight is 224 g/mol. The second-order valence-electron chi connectivity index (χ2n) is 4.52. The van der Waals surface area contributed by atoms with E-state index in [0.717, 1.165) is 12.8 Å². The summed E-state index contributed by atoms with van der Waals surface area (Å²) in [4.78, 5) is 0. The Balaban J connectivity index is 2.87. The summed E-state index contributed by atoms with van der Waals surface area (Å²) in [5.41, 5.74) is 0. The molecule has 0 amide bonds. The highest BCUT2D eigenvalue weighted by atomic mass is 14.3. The molecule has 0 bridgehead atoms. The monoisotopic (exact) mass is 224 g/mol. The Kier molecular flexibility index (Phi) is 13.7. The van der Waals surface area contributed by atoms with Crippen LogP contribution >= 0.6 is 0 Å². The predicted octanol–water partition coefficient (Wildman–Crippen LogP) is 4.97. The Labute approximate surface area is 101 Å². The van der Waals surface area contributed by atoms with E-state index >= 15 is 0 Å². The van der Waals surface area contributed by atoms with Gasteiger partial charge in [-0.25, -0.2) is 0 Å². The van der Waals surface area contributed by atoms with Crippen LogP contribution in [0.1, 0.15) is 77.0 Å². The summed E-state index contributed by atoms with van der Waals surface area (Å²) in [5.74, 6) is 0. The smallest absolute Gasteiger partial charge is 0.00477 e. The molecule has 16 heavy (non-hydrogen) atoms. The molecule has 0 heterocycles. The Morgan fingerprint density at radius 1 is 0.438 bits per heavy atom. The van der Waals surface area contributed by atoms with E-state index in [-0.39, 0.29) is 0 Å². The minimum Gasteiger partial charge on any atom is -0.313 e. The quantitative estimate of drug-likeness (QED) is 0.328. The van der Waals surface area contributed by atoms with Gasteiger partial charge in [0.2, 0.25) is 0 Å². The second kappa shape index (κ2) is 14.3. The Morgan fingerprint density at radius 2 is 0.688 bits per heavy atom. The second-order valence-corrected chi connectivity index (χ2v) is 4.52. The lowest BCUT2D eigenvalue weighted by atomic mass is 10.1. The van der Waals surface area contributed by atoms with Gasteiger partial charge >= 0.3 is 0 Å². The molecule has 0 aromatic rings. The lowest BCUT2D eigenvalue weighted by Crippen LogP contribution is -1.83. The molecule has 0 aliphatic rings. The van der Waals surface area contributed by atoms with Crippen molar-refractivity contribution >= 4 is 12.4 Å². The third kappa shape index (κ3) is 13.3. The van der Waals surface area contributed by atoms with E-state index in [1.165, 1.54) is 76.6 Å². The van der Waals surface area contributed by atoms with Crippen molar-refractivity contribution in [3.05, 3.63) is 0 Å².